The zero-order valence-corrected chi connectivity index (χ0v) is 36.6. The van der Waals surface area contributed by atoms with Gasteiger partial charge in [-0.05, 0) is 81.1 Å². The maximum absolute atomic E-state index is 13.2. The van der Waals surface area contributed by atoms with E-state index in [9.17, 15) is 22.8 Å². The van der Waals surface area contributed by atoms with Crippen LogP contribution in [0, 0.1) is 0 Å². The van der Waals surface area contributed by atoms with Crippen LogP contribution in [0.15, 0.2) is 52.6 Å². The number of nitrogens with zero attached hydrogens (tertiary/aromatic N) is 5. The van der Waals surface area contributed by atoms with E-state index in [2.05, 4.69) is 25.5 Å². The topological polar surface area (TPSA) is 212 Å². The summed E-state index contributed by atoms with van der Waals surface area (Å²) in [5, 5.41) is 10.2. The maximum atomic E-state index is 13.2. The maximum Gasteiger partial charge on any atom is 0.335 e. The largest absolute Gasteiger partial charge is 0.481 e. The molecule has 1 saturated heterocycles. The number of benzene rings is 2. The Kier molecular flexibility index (Phi) is 13.5. The number of ketones is 2. The van der Waals surface area contributed by atoms with E-state index in [0.29, 0.717) is 16.5 Å². The third-order valence-corrected chi connectivity index (χ3v) is 11.3. The van der Waals surface area contributed by atoms with Crippen LogP contribution in [0.3, 0.4) is 0 Å². The van der Waals surface area contributed by atoms with E-state index < -0.39 is 44.3 Å². The fourth-order valence-corrected chi connectivity index (χ4v) is 8.49. The number of anilines is 1. The highest BCUT2D eigenvalue weighted by Gasteiger charge is 2.53. The van der Waals surface area contributed by atoms with Crippen molar-refractivity contribution < 1.29 is 46.6 Å². The van der Waals surface area contributed by atoms with E-state index in [-0.39, 0.29) is 52.5 Å². The number of urea groups is 1. The van der Waals surface area contributed by atoms with E-state index in [1.54, 1.807) is 46.8 Å². The van der Waals surface area contributed by atoms with Gasteiger partial charge in [0.25, 0.3) is 15.9 Å². The van der Waals surface area contributed by atoms with Crippen LogP contribution >= 0.6 is 34.8 Å². The number of amides is 2. The average molecular weight is 895 g/mol. The molecule has 2 N–H and O–H groups in total. The number of Topliss-reactive ketones (excluding diaryl/α,β-unsaturated/α-hetero) is 2. The monoisotopic (exact) mass is 893 g/mol. The van der Waals surface area contributed by atoms with Crippen molar-refractivity contribution in [2.24, 2.45) is 12.2 Å². The van der Waals surface area contributed by atoms with Crippen molar-refractivity contribution in [2.45, 2.75) is 76.2 Å². The highest BCUT2D eigenvalue weighted by Crippen LogP contribution is 2.41. The summed E-state index contributed by atoms with van der Waals surface area (Å²) in [5.74, 6) is -1.55. The molecule has 4 heterocycles. The Morgan fingerprint density at radius 1 is 0.966 bits per heavy atom. The number of nitrogens with one attached hydrogen (secondary N) is 2. The van der Waals surface area contributed by atoms with Crippen LogP contribution in [-0.2, 0) is 47.4 Å². The fraction of sp³-hybridized carbons (Fsp3) is 0.395. The van der Waals surface area contributed by atoms with Crippen molar-refractivity contribution in [3.05, 3.63) is 74.4 Å². The van der Waals surface area contributed by atoms with Gasteiger partial charge in [-0.15, -0.1) is 0 Å². The quantitative estimate of drug-likeness (QED) is 0.172. The number of rotatable bonds is 9. The van der Waals surface area contributed by atoms with Gasteiger partial charge in [0.2, 0.25) is 17.7 Å². The van der Waals surface area contributed by atoms with Crippen LogP contribution in [-0.4, -0.2) is 89.8 Å². The molecule has 1 unspecified atom stereocenters. The Morgan fingerprint density at radius 2 is 1.59 bits per heavy atom. The van der Waals surface area contributed by atoms with Gasteiger partial charge in [0.05, 0.1) is 20.3 Å². The predicted octanol–water partition coefficient (Wildman–Crippen LogP) is 6.52. The van der Waals surface area contributed by atoms with E-state index in [1.807, 2.05) is 35.9 Å². The lowest BCUT2D eigenvalue weighted by molar-refractivity contribution is -0.184. The van der Waals surface area contributed by atoms with Crippen LogP contribution in [0.2, 0.25) is 15.2 Å². The summed E-state index contributed by atoms with van der Waals surface area (Å²) in [6.07, 6.45) is 0.304. The SMILES string of the molecule is CCc1ccc(-c2ccc(Cl)cc2Cl)cc1C1C(=O)C(C)(C)OC(C)(C)C1=O.COc1cc(OC)nc(NC(=O)NS(=O)(=O)c2c(C3=NOCC(C)O3)c(Cl)nn2C)n1. The van der Waals surface area contributed by atoms with Crippen molar-refractivity contribution >= 4 is 74.3 Å². The van der Waals surface area contributed by atoms with E-state index in [0.717, 1.165) is 26.9 Å². The van der Waals surface area contributed by atoms with Gasteiger partial charge < -0.3 is 23.8 Å². The lowest BCUT2D eigenvalue weighted by Crippen LogP contribution is -2.58. The van der Waals surface area contributed by atoms with E-state index >= 15 is 0 Å². The number of carbonyl (C=O) groups excluding carboxylic acids is 3. The van der Waals surface area contributed by atoms with Gasteiger partial charge in [-0.25, -0.2) is 9.52 Å². The molecule has 0 saturated carbocycles. The lowest BCUT2D eigenvalue weighted by atomic mass is 9.73. The molecule has 4 aromatic rings. The lowest BCUT2D eigenvalue weighted by Gasteiger charge is -2.43. The Hall–Kier alpha value is -5.01. The van der Waals surface area contributed by atoms with Gasteiger partial charge in [-0.2, -0.15) is 23.5 Å². The molecule has 2 amide bonds. The molecule has 6 rings (SSSR count). The predicted molar refractivity (Wildman–Crippen MR) is 219 cm³/mol. The summed E-state index contributed by atoms with van der Waals surface area (Å²) in [6.45, 7) is 10.8. The minimum atomic E-state index is -4.50. The number of ether oxygens (including phenoxy) is 4. The van der Waals surface area contributed by atoms with Crippen LogP contribution in [0.4, 0.5) is 10.7 Å². The molecule has 2 aromatic heterocycles. The molecule has 1 atom stereocenters. The Labute approximate surface area is 355 Å². The molecule has 0 aliphatic carbocycles. The molecule has 0 spiro atoms. The van der Waals surface area contributed by atoms with Gasteiger partial charge in [0, 0.05) is 22.7 Å². The molecule has 2 aliphatic heterocycles. The standard InChI is InChI=1S/C23H24Cl2O3.C15H18ClN7O7S/c1-6-13-7-8-14(16-10-9-15(24)12-18(16)25)11-17(13)19-20(26)22(2,3)28-23(4,5)21(19)27;1-7-6-29-21-12(30-7)10-11(16)20-23(2)13(10)31(25,26)22-15(24)19-14-17-8(27-3)5-9(18-14)28-4/h7-12,19H,6H2,1-5H3;5,7H,6H2,1-4H3,(H2,17,18,19,22,24). The first-order valence-electron chi connectivity index (χ1n) is 17.9. The van der Waals surface area contributed by atoms with Gasteiger partial charge in [-0.3, -0.25) is 19.6 Å². The van der Waals surface area contributed by atoms with Crippen molar-refractivity contribution in [3.63, 3.8) is 0 Å². The van der Waals surface area contributed by atoms with Gasteiger partial charge >= 0.3 is 6.03 Å². The summed E-state index contributed by atoms with van der Waals surface area (Å²) in [5.41, 5.74) is 1.11. The molecule has 2 aromatic carbocycles. The number of aryl methyl sites for hydroxylation is 2. The van der Waals surface area contributed by atoms with Gasteiger partial charge in [0.1, 0.15) is 28.8 Å². The number of oxime groups is 1. The first kappa shape index (κ1) is 45.1. The first-order chi connectivity index (χ1) is 27.6. The molecule has 17 nitrogen and oxygen atoms in total. The number of hydrogen-bond donors (Lipinski definition) is 2. The second kappa shape index (κ2) is 17.7. The van der Waals surface area contributed by atoms with Gasteiger partial charge in [0.15, 0.2) is 28.4 Å². The third kappa shape index (κ3) is 9.90. The van der Waals surface area contributed by atoms with Crippen molar-refractivity contribution in [1.82, 2.24) is 24.5 Å². The van der Waals surface area contributed by atoms with Crippen LogP contribution in [0.25, 0.3) is 11.1 Å². The molecule has 0 bridgehead atoms. The molecule has 59 heavy (non-hydrogen) atoms. The molecule has 2 aliphatic rings. The summed E-state index contributed by atoms with van der Waals surface area (Å²) in [6, 6.07) is 11.3. The zero-order valence-electron chi connectivity index (χ0n) is 33.5. The molecular formula is C38H42Cl3N7O10S. The highest BCUT2D eigenvalue weighted by molar-refractivity contribution is 7.90. The highest BCUT2D eigenvalue weighted by atomic mass is 35.5. The molecule has 1 fully saturated rings. The Morgan fingerprint density at radius 3 is 2.15 bits per heavy atom. The van der Waals surface area contributed by atoms with E-state index in [1.165, 1.54) is 27.3 Å². The number of sulfonamides is 1. The molecule has 21 heteroatoms. The number of halogens is 3. The number of methoxy groups -OCH3 is 2. The van der Waals surface area contributed by atoms with E-state index in [4.69, 9.17) is 58.6 Å². The van der Waals surface area contributed by atoms with Crippen LogP contribution in [0.5, 0.6) is 11.8 Å². The fourth-order valence-electron chi connectivity index (χ4n) is 6.40. The zero-order chi connectivity index (χ0) is 43.6. The number of carbonyl (C=O) groups is 3. The summed E-state index contributed by atoms with van der Waals surface area (Å²) in [4.78, 5) is 51.5. The minimum absolute atomic E-state index is 0.0901. The normalized spacial score (nSPS) is 17.4. The second-order valence-electron chi connectivity index (χ2n) is 14.2. The first-order valence-corrected chi connectivity index (χ1v) is 20.5. The van der Waals surface area contributed by atoms with Gasteiger partial charge in [-0.1, -0.05) is 59.9 Å². The summed E-state index contributed by atoms with van der Waals surface area (Å²) in [7, 11) is -0.471. The second-order valence-corrected chi connectivity index (χ2v) is 17.0. The summed E-state index contributed by atoms with van der Waals surface area (Å²) < 4.78 is 49.9. The van der Waals surface area contributed by atoms with Crippen molar-refractivity contribution in [3.8, 4) is 22.9 Å². The van der Waals surface area contributed by atoms with Crippen LogP contribution < -0.4 is 19.5 Å². The van der Waals surface area contributed by atoms with Crippen LogP contribution in [0.1, 0.15) is 64.2 Å². The smallest absolute Gasteiger partial charge is 0.335 e. The third-order valence-electron chi connectivity index (χ3n) is 9.04. The van der Waals surface area contributed by atoms with Crippen molar-refractivity contribution in [1.29, 1.82) is 0 Å². The number of aromatic nitrogens is 4. The molecule has 316 valence electrons. The minimum Gasteiger partial charge on any atom is -0.481 e. The molecular weight excluding hydrogens is 853 g/mol. The van der Waals surface area contributed by atoms with Crippen molar-refractivity contribution in [2.75, 3.05) is 26.1 Å². The average Bonchev–Trinajstić information content (AvgIpc) is 3.47. The summed E-state index contributed by atoms with van der Waals surface area (Å²) >= 11 is 18.5. The Balaban J connectivity index is 0.000000225. The Bertz CT molecular complexity index is 2390. The molecule has 0 radical (unpaired) electrons. The number of hydrogen-bond acceptors (Lipinski definition) is 14.